The van der Waals surface area contributed by atoms with Gasteiger partial charge in [-0.05, 0) is 23.6 Å². The van der Waals surface area contributed by atoms with Crippen LogP contribution in [0.5, 0.6) is 0 Å². The van der Waals surface area contributed by atoms with E-state index in [0.717, 1.165) is 12.1 Å². The van der Waals surface area contributed by atoms with Crippen molar-refractivity contribution in [2.45, 2.75) is 39.5 Å². The maximum absolute atomic E-state index is 12.6. The molecule has 0 fully saturated rings. The van der Waals surface area contributed by atoms with Crippen LogP contribution in [0.25, 0.3) is 0 Å². The van der Waals surface area contributed by atoms with Crippen molar-refractivity contribution in [1.29, 1.82) is 0 Å². The van der Waals surface area contributed by atoms with Crippen LogP contribution < -0.4 is 10.6 Å². The highest BCUT2D eigenvalue weighted by Crippen LogP contribution is 2.29. The van der Waals surface area contributed by atoms with Crippen molar-refractivity contribution < 1.29 is 22.8 Å². The fraction of sp³-hybridized carbons (Fsp3) is 0.467. The van der Waals surface area contributed by atoms with Gasteiger partial charge in [-0.3, -0.25) is 9.59 Å². The summed E-state index contributed by atoms with van der Waals surface area (Å²) in [7, 11) is 0. The van der Waals surface area contributed by atoms with E-state index in [1.807, 2.05) is 0 Å². The van der Waals surface area contributed by atoms with Gasteiger partial charge in [-0.15, -0.1) is 0 Å². The Morgan fingerprint density at radius 3 is 2.36 bits per heavy atom. The van der Waals surface area contributed by atoms with Crippen molar-refractivity contribution in [1.82, 2.24) is 10.6 Å². The first kappa shape index (κ1) is 18.0. The second-order valence-electron chi connectivity index (χ2n) is 5.34. The van der Waals surface area contributed by atoms with Crippen molar-refractivity contribution in [3.8, 4) is 0 Å². The van der Waals surface area contributed by atoms with Crippen LogP contribution in [0.3, 0.4) is 0 Å². The highest BCUT2D eigenvalue weighted by atomic mass is 19.4. The lowest BCUT2D eigenvalue weighted by atomic mass is 10.0. The lowest BCUT2D eigenvalue weighted by Gasteiger charge is -2.21. The molecule has 22 heavy (non-hydrogen) atoms. The molecule has 0 aromatic heterocycles. The number of halogens is 3. The van der Waals surface area contributed by atoms with Gasteiger partial charge in [0.05, 0.1) is 5.56 Å². The molecule has 0 heterocycles. The van der Waals surface area contributed by atoms with Crippen molar-refractivity contribution in [2.24, 2.45) is 5.92 Å². The SMILES string of the molecule is CC(=O)N[C@@H](C(=O)NCc1cccc(C(F)(F)F)c1)C(C)C. The van der Waals surface area contributed by atoms with E-state index in [9.17, 15) is 22.8 Å². The minimum Gasteiger partial charge on any atom is -0.350 e. The van der Waals surface area contributed by atoms with E-state index >= 15 is 0 Å². The van der Waals surface area contributed by atoms with E-state index in [1.165, 1.54) is 19.1 Å². The number of hydrogen-bond acceptors (Lipinski definition) is 2. The van der Waals surface area contributed by atoms with Gasteiger partial charge in [0, 0.05) is 13.5 Å². The minimum absolute atomic E-state index is 0.0362. The molecule has 0 saturated carbocycles. The van der Waals surface area contributed by atoms with Crippen LogP contribution in [0.15, 0.2) is 24.3 Å². The monoisotopic (exact) mass is 316 g/mol. The first-order valence-corrected chi connectivity index (χ1v) is 6.82. The summed E-state index contributed by atoms with van der Waals surface area (Å²) in [6.07, 6.45) is -4.42. The normalized spacial score (nSPS) is 12.9. The molecule has 0 aliphatic rings. The average molecular weight is 316 g/mol. The third-order valence-corrected chi connectivity index (χ3v) is 3.03. The van der Waals surface area contributed by atoms with Gasteiger partial charge in [0.25, 0.3) is 0 Å². The fourth-order valence-corrected chi connectivity index (χ4v) is 1.91. The third kappa shape index (κ3) is 5.38. The number of amides is 2. The third-order valence-electron chi connectivity index (χ3n) is 3.03. The van der Waals surface area contributed by atoms with Crippen LogP contribution in [0.4, 0.5) is 13.2 Å². The Morgan fingerprint density at radius 1 is 1.23 bits per heavy atom. The van der Waals surface area contributed by atoms with E-state index in [1.54, 1.807) is 13.8 Å². The molecule has 7 heteroatoms. The number of carbonyl (C=O) groups excluding carboxylic acids is 2. The molecule has 0 radical (unpaired) electrons. The summed E-state index contributed by atoms with van der Waals surface area (Å²) in [4.78, 5) is 23.1. The number of nitrogens with one attached hydrogen (secondary N) is 2. The van der Waals surface area contributed by atoms with Gasteiger partial charge in [-0.1, -0.05) is 26.0 Å². The maximum atomic E-state index is 12.6. The molecule has 2 amide bonds. The van der Waals surface area contributed by atoms with Crippen LogP contribution >= 0.6 is 0 Å². The first-order valence-electron chi connectivity index (χ1n) is 6.82. The number of alkyl halides is 3. The van der Waals surface area contributed by atoms with E-state index < -0.39 is 23.7 Å². The summed E-state index contributed by atoms with van der Waals surface area (Å²) in [5.74, 6) is -0.902. The highest BCUT2D eigenvalue weighted by Gasteiger charge is 2.30. The zero-order valence-electron chi connectivity index (χ0n) is 12.6. The molecule has 1 aromatic carbocycles. The predicted molar refractivity (Wildman–Crippen MR) is 75.7 cm³/mol. The lowest BCUT2D eigenvalue weighted by Crippen LogP contribution is -2.48. The largest absolute Gasteiger partial charge is 0.416 e. The Balaban J connectivity index is 2.72. The summed E-state index contributed by atoms with van der Waals surface area (Å²) in [5, 5.41) is 5.06. The lowest BCUT2D eigenvalue weighted by molar-refractivity contribution is -0.137. The molecule has 1 rings (SSSR count). The maximum Gasteiger partial charge on any atom is 0.416 e. The Labute approximate surface area is 127 Å². The zero-order valence-corrected chi connectivity index (χ0v) is 12.6. The Bertz CT molecular complexity index is 542. The van der Waals surface area contributed by atoms with Gasteiger partial charge in [0.1, 0.15) is 6.04 Å². The van der Waals surface area contributed by atoms with Gasteiger partial charge in [-0.2, -0.15) is 13.2 Å². The van der Waals surface area contributed by atoms with Crippen molar-refractivity contribution in [3.05, 3.63) is 35.4 Å². The molecule has 1 aromatic rings. The predicted octanol–water partition coefficient (Wildman–Crippen LogP) is 2.48. The molecular formula is C15H19F3N2O2. The highest BCUT2D eigenvalue weighted by molar-refractivity contribution is 5.87. The van der Waals surface area contributed by atoms with Crippen LogP contribution in [-0.2, 0) is 22.3 Å². The topological polar surface area (TPSA) is 58.2 Å². The van der Waals surface area contributed by atoms with Crippen LogP contribution in [-0.4, -0.2) is 17.9 Å². The smallest absolute Gasteiger partial charge is 0.350 e. The molecule has 122 valence electrons. The second kappa shape index (κ2) is 7.29. The summed E-state index contributed by atoms with van der Waals surface area (Å²) in [5.41, 5.74) is -0.421. The zero-order chi connectivity index (χ0) is 16.9. The van der Waals surface area contributed by atoms with Crippen LogP contribution in [0.2, 0.25) is 0 Å². The standard InChI is InChI=1S/C15H19F3N2O2/c1-9(2)13(20-10(3)21)14(22)19-8-11-5-4-6-12(7-11)15(16,17)18/h4-7,9,13H,8H2,1-3H3,(H,19,22)(H,20,21)/t13-/m1/s1. The quantitative estimate of drug-likeness (QED) is 0.877. The van der Waals surface area contributed by atoms with Crippen molar-refractivity contribution >= 4 is 11.8 Å². The Morgan fingerprint density at radius 2 is 1.86 bits per heavy atom. The van der Waals surface area contributed by atoms with E-state index in [2.05, 4.69) is 10.6 Å². The number of hydrogen-bond donors (Lipinski definition) is 2. The van der Waals surface area contributed by atoms with Crippen molar-refractivity contribution in [2.75, 3.05) is 0 Å². The molecule has 2 N–H and O–H groups in total. The Kier molecular flexibility index (Phi) is 5.96. The molecule has 0 saturated heterocycles. The molecule has 0 spiro atoms. The van der Waals surface area contributed by atoms with E-state index in [0.29, 0.717) is 5.56 Å². The van der Waals surface area contributed by atoms with Gasteiger partial charge in [0.15, 0.2) is 0 Å². The van der Waals surface area contributed by atoms with Gasteiger partial charge in [-0.25, -0.2) is 0 Å². The second-order valence-corrected chi connectivity index (χ2v) is 5.34. The molecule has 0 aliphatic carbocycles. The molecule has 0 unspecified atom stereocenters. The van der Waals surface area contributed by atoms with Gasteiger partial charge >= 0.3 is 6.18 Å². The number of benzene rings is 1. The van der Waals surface area contributed by atoms with E-state index in [4.69, 9.17) is 0 Å². The summed E-state index contributed by atoms with van der Waals surface area (Å²) >= 11 is 0. The molecule has 0 bridgehead atoms. The molecular weight excluding hydrogens is 297 g/mol. The average Bonchev–Trinajstić information content (AvgIpc) is 2.41. The summed E-state index contributed by atoms with van der Waals surface area (Å²) < 4.78 is 37.8. The molecule has 4 nitrogen and oxygen atoms in total. The fourth-order valence-electron chi connectivity index (χ4n) is 1.91. The number of rotatable bonds is 5. The first-order chi connectivity index (χ1) is 10.1. The van der Waals surface area contributed by atoms with E-state index in [-0.39, 0.29) is 18.4 Å². The molecule has 1 atom stereocenters. The molecule has 0 aliphatic heterocycles. The minimum atomic E-state index is -4.42. The summed E-state index contributed by atoms with van der Waals surface area (Å²) in [6, 6.07) is 4.03. The Hall–Kier alpha value is -2.05. The van der Waals surface area contributed by atoms with Crippen LogP contribution in [0, 0.1) is 5.92 Å². The van der Waals surface area contributed by atoms with Gasteiger partial charge in [0.2, 0.25) is 11.8 Å². The summed E-state index contributed by atoms with van der Waals surface area (Å²) in [6.45, 7) is 4.80. The van der Waals surface area contributed by atoms with Crippen molar-refractivity contribution in [3.63, 3.8) is 0 Å². The van der Waals surface area contributed by atoms with Crippen LogP contribution in [0.1, 0.15) is 31.9 Å². The number of carbonyl (C=O) groups is 2. The van der Waals surface area contributed by atoms with Gasteiger partial charge < -0.3 is 10.6 Å².